The van der Waals surface area contributed by atoms with Gasteiger partial charge in [-0.2, -0.15) is 0 Å². The molecule has 4 nitrogen and oxygen atoms in total. The predicted molar refractivity (Wildman–Crippen MR) is 78.3 cm³/mol. The third-order valence-electron chi connectivity index (χ3n) is 2.96. The summed E-state index contributed by atoms with van der Waals surface area (Å²) in [6.45, 7) is 5.78. The van der Waals surface area contributed by atoms with Crippen molar-refractivity contribution in [3.05, 3.63) is 29.8 Å². The summed E-state index contributed by atoms with van der Waals surface area (Å²) < 4.78 is 4.92. The average molecular weight is 264 g/mol. The number of amides is 1. The lowest BCUT2D eigenvalue weighted by Crippen LogP contribution is -2.17. The molecule has 0 bridgehead atoms. The number of ether oxygens (including phenoxy) is 1. The molecule has 0 saturated carbocycles. The van der Waals surface area contributed by atoms with Crippen LogP contribution >= 0.6 is 0 Å². The minimum atomic E-state index is 0.0320. The third-order valence-corrected chi connectivity index (χ3v) is 2.96. The maximum absolute atomic E-state index is 11.6. The molecule has 0 heterocycles. The zero-order chi connectivity index (χ0) is 14.1. The van der Waals surface area contributed by atoms with Crippen LogP contribution < -0.4 is 10.6 Å². The Morgan fingerprint density at radius 2 is 2.00 bits per heavy atom. The molecule has 19 heavy (non-hydrogen) atoms. The number of benzene rings is 1. The van der Waals surface area contributed by atoms with Crippen LogP contribution in [0.5, 0.6) is 0 Å². The molecule has 0 aromatic heterocycles. The van der Waals surface area contributed by atoms with Crippen molar-refractivity contribution in [2.45, 2.75) is 32.7 Å². The fourth-order valence-corrected chi connectivity index (χ4v) is 1.88. The minimum absolute atomic E-state index is 0.0320. The van der Waals surface area contributed by atoms with Crippen LogP contribution in [-0.2, 0) is 9.53 Å². The van der Waals surface area contributed by atoms with Crippen LogP contribution in [0.3, 0.4) is 0 Å². The molecule has 1 aromatic carbocycles. The quantitative estimate of drug-likeness (QED) is 0.710. The van der Waals surface area contributed by atoms with Crippen molar-refractivity contribution in [1.82, 2.24) is 5.32 Å². The van der Waals surface area contributed by atoms with Crippen LogP contribution in [-0.4, -0.2) is 26.2 Å². The number of methoxy groups -OCH3 is 1. The summed E-state index contributed by atoms with van der Waals surface area (Å²) in [4.78, 5) is 11.6. The summed E-state index contributed by atoms with van der Waals surface area (Å²) >= 11 is 0. The van der Waals surface area contributed by atoms with E-state index in [0.29, 0.717) is 19.1 Å². The fourth-order valence-electron chi connectivity index (χ4n) is 1.88. The molecule has 1 aromatic rings. The highest BCUT2D eigenvalue weighted by molar-refractivity contribution is 5.90. The van der Waals surface area contributed by atoms with Crippen molar-refractivity contribution in [3.63, 3.8) is 0 Å². The molecule has 0 fully saturated rings. The van der Waals surface area contributed by atoms with Gasteiger partial charge >= 0.3 is 0 Å². The molecule has 1 unspecified atom stereocenters. The molecule has 0 radical (unpaired) electrons. The number of anilines is 1. The Bertz CT molecular complexity index is 376. The Balaban J connectivity index is 2.45. The molecule has 0 saturated heterocycles. The molecular formula is C15H24N2O2. The van der Waals surface area contributed by atoms with Gasteiger partial charge < -0.3 is 15.4 Å². The van der Waals surface area contributed by atoms with Gasteiger partial charge in [-0.05, 0) is 37.6 Å². The second-order valence-electron chi connectivity index (χ2n) is 4.55. The van der Waals surface area contributed by atoms with Gasteiger partial charge in [0.05, 0.1) is 0 Å². The molecule has 1 atom stereocenters. The second kappa shape index (κ2) is 8.67. The highest BCUT2D eigenvalue weighted by Gasteiger charge is 2.05. The lowest BCUT2D eigenvalue weighted by atomic mass is 10.1. The third kappa shape index (κ3) is 5.85. The Morgan fingerprint density at radius 3 is 2.58 bits per heavy atom. The van der Waals surface area contributed by atoms with Crippen molar-refractivity contribution >= 4 is 11.6 Å². The maximum Gasteiger partial charge on any atom is 0.224 e. The van der Waals surface area contributed by atoms with Gasteiger partial charge in [-0.15, -0.1) is 0 Å². The van der Waals surface area contributed by atoms with Crippen molar-refractivity contribution in [3.8, 4) is 0 Å². The lowest BCUT2D eigenvalue weighted by molar-refractivity contribution is -0.116. The van der Waals surface area contributed by atoms with E-state index < -0.39 is 0 Å². The summed E-state index contributed by atoms with van der Waals surface area (Å²) in [5.41, 5.74) is 2.06. The molecule has 0 spiro atoms. The number of hydrogen-bond donors (Lipinski definition) is 2. The zero-order valence-corrected chi connectivity index (χ0v) is 12.0. The van der Waals surface area contributed by atoms with Gasteiger partial charge in [-0.1, -0.05) is 19.1 Å². The van der Waals surface area contributed by atoms with Gasteiger partial charge in [0.2, 0.25) is 5.91 Å². The minimum Gasteiger partial charge on any atom is -0.385 e. The normalized spacial score (nSPS) is 12.2. The van der Waals surface area contributed by atoms with E-state index in [9.17, 15) is 4.79 Å². The van der Waals surface area contributed by atoms with Crippen molar-refractivity contribution in [2.75, 3.05) is 25.6 Å². The monoisotopic (exact) mass is 264 g/mol. The van der Waals surface area contributed by atoms with Crippen LogP contribution in [0, 0.1) is 0 Å². The number of carbonyl (C=O) groups is 1. The van der Waals surface area contributed by atoms with E-state index in [4.69, 9.17) is 4.74 Å². The van der Waals surface area contributed by atoms with E-state index in [1.165, 1.54) is 5.56 Å². The summed E-state index contributed by atoms with van der Waals surface area (Å²) in [6, 6.07) is 8.29. The first-order chi connectivity index (χ1) is 9.17. The topological polar surface area (TPSA) is 50.4 Å². The fraction of sp³-hybridized carbons (Fsp3) is 0.533. The van der Waals surface area contributed by atoms with Crippen LogP contribution in [0.2, 0.25) is 0 Å². The van der Waals surface area contributed by atoms with Gasteiger partial charge in [0.1, 0.15) is 0 Å². The molecule has 1 rings (SSSR count). The molecule has 0 aliphatic heterocycles. The van der Waals surface area contributed by atoms with Crippen LogP contribution in [0.25, 0.3) is 0 Å². The number of carbonyl (C=O) groups excluding carboxylic acids is 1. The molecule has 0 aliphatic rings. The van der Waals surface area contributed by atoms with Gasteiger partial charge in [-0.25, -0.2) is 0 Å². The number of rotatable bonds is 8. The summed E-state index contributed by atoms with van der Waals surface area (Å²) in [5, 5.41) is 6.24. The van der Waals surface area contributed by atoms with Gasteiger partial charge in [0.25, 0.3) is 0 Å². The van der Waals surface area contributed by atoms with Crippen molar-refractivity contribution < 1.29 is 9.53 Å². The van der Waals surface area contributed by atoms with Crippen LogP contribution in [0.15, 0.2) is 24.3 Å². The molecule has 2 N–H and O–H groups in total. The summed E-state index contributed by atoms with van der Waals surface area (Å²) in [7, 11) is 1.64. The van der Waals surface area contributed by atoms with Crippen molar-refractivity contribution in [2.24, 2.45) is 0 Å². The van der Waals surface area contributed by atoms with Crippen LogP contribution in [0.4, 0.5) is 5.69 Å². The molecule has 4 heteroatoms. The number of nitrogens with one attached hydrogen (secondary N) is 2. The molecule has 106 valence electrons. The van der Waals surface area contributed by atoms with Gasteiger partial charge in [-0.3, -0.25) is 4.79 Å². The Hall–Kier alpha value is -1.39. The van der Waals surface area contributed by atoms with E-state index in [1.807, 2.05) is 24.3 Å². The first-order valence-electron chi connectivity index (χ1n) is 6.79. The molecule has 1 amide bonds. The van der Waals surface area contributed by atoms with Gasteiger partial charge in [0, 0.05) is 31.9 Å². The Morgan fingerprint density at radius 1 is 1.32 bits per heavy atom. The molecular weight excluding hydrogens is 240 g/mol. The standard InChI is InChI=1S/C15H24N2O2/c1-4-16-12(2)13-7-9-14(10-8-13)17-15(18)6-5-11-19-3/h7-10,12,16H,4-6,11H2,1-3H3,(H,17,18). The Kier molecular flexibility index (Phi) is 7.15. The highest BCUT2D eigenvalue weighted by Crippen LogP contribution is 2.16. The average Bonchev–Trinajstić information content (AvgIpc) is 2.40. The highest BCUT2D eigenvalue weighted by atomic mass is 16.5. The first-order valence-corrected chi connectivity index (χ1v) is 6.79. The predicted octanol–water partition coefficient (Wildman–Crippen LogP) is 2.72. The lowest BCUT2D eigenvalue weighted by Gasteiger charge is -2.13. The van der Waals surface area contributed by atoms with E-state index >= 15 is 0 Å². The van der Waals surface area contributed by atoms with E-state index in [0.717, 1.165) is 18.7 Å². The maximum atomic E-state index is 11.6. The first kappa shape index (κ1) is 15.7. The zero-order valence-electron chi connectivity index (χ0n) is 12.0. The largest absolute Gasteiger partial charge is 0.385 e. The summed E-state index contributed by atoms with van der Waals surface area (Å²) in [6.07, 6.45) is 1.24. The van der Waals surface area contributed by atoms with Crippen molar-refractivity contribution in [1.29, 1.82) is 0 Å². The number of hydrogen-bond acceptors (Lipinski definition) is 3. The van der Waals surface area contributed by atoms with E-state index in [1.54, 1.807) is 7.11 Å². The SMILES string of the molecule is CCNC(C)c1ccc(NC(=O)CCCOC)cc1. The molecule has 0 aliphatic carbocycles. The van der Waals surface area contributed by atoms with E-state index in [2.05, 4.69) is 24.5 Å². The smallest absolute Gasteiger partial charge is 0.224 e. The Labute approximate surface area is 115 Å². The second-order valence-corrected chi connectivity index (χ2v) is 4.55. The van der Waals surface area contributed by atoms with E-state index in [-0.39, 0.29) is 5.91 Å². The van der Waals surface area contributed by atoms with Crippen LogP contribution in [0.1, 0.15) is 38.3 Å². The van der Waals surface area contributed by atoms with Gasteiger partial charge in [0.15, 0.2) is 0 Å². The summed E-state index contributed by atoms with van der Waals surface area (Å²) in [5.74, 6) is 0.0320.